The smallest absolute Gasteiger partial charge is 0.456 e. The first-order chi connectivity index (χ1) is 34.9. The number of quaternary nitrogens is 1. The number of unbranched alkanes of at least 4 members (excludes halogenated alkanes) is 39. The van der Waals surface area contributed by atoms with Gasteiger partial charge in [0, 0.05) is 12.8 Å². The number of phosphoric ester groups is 1. The summed E-state index contributed by atoms with van der Waals surface area (Å²) in [5.41, 5.74) is 0. The topological polar surface area (TPSA) is 111 Å². The molecule has 0 aliphatic rings. The van der Waals surface area contributed by atoms with Gasteiger partial charge in [-0.25, -0.2) is 4.57 Å². The fourth-order valence-corrected chi connectivity index (χ4v) is 10.0. The Bertz CT molecular complexity index is 1290. The molecule has 0 saturated carbocycles. The molecule has 0 spiro atoms. The van der Waals surface area contributed by atoms with Crippen molar-refractivity contribution < 1.29 is 37.3 Å². The molecule has 0 heterocycles. The monoisotopic (exact) mass is 1040 g/mol. The highest BCUT2D eigenvalue weighted by molar-refractivity contribution is 7.47. The third-order valence-electron chi connectivity index (χ3n) is 14.1. The fraction of sp³-hybridized carbons (Fsp3) is 0.903. The van der Waals surface area contributed by atoms with Crippen molar-refractivity contribution in [1.82, 2.24) is 5.32 Å². The maximum absolute atomic E-state index is 13.5. The van der Waals surface area contributed by atoms with Crippen LogP contribution in [0.2, 0.25) is 0 Å². The second-order valence-corrected chi connectivity index (χ2v) is 24.0. The number of hydrogen-bond acceptors (Lipinski definition) is 6. The molecule has 9 nitrogen and oxygen atoms in total. The molecule has 0 bridgehead atoms. The first-order valence-corrected chi connectivity index (χ1v) is 32.7. The van der Waals surface area contributed by atoms with Gasteiger partial charge in [-0.05, 0) is 57.4 Å². The van der Waals surface area contributed by atoms with Gasteiger partial charge in [-0.15, -0.1) is 0 Å². The first-order valence-electron chi connectivity index (χ1n) is 31.2. The van der Waals surface area contributed by atoms with Crippen molar-refractivity contribution in [1.29, 1.82) is 0 Å². The fourth-order valence-electron chi connectivity index (χ4n) is 9.29. The van der Waals surface area contributed by atoms with Gasteiger partial charge >= 0.3 is 13.8 Å². The number of carbonyl (C=O) groups excluding carboxylic acids is 2. The lowest BCUT2D eigenvalue weighted by atomic mass is 10.0. The maximum atomic E-state index is 13.5. The number of rotatable bonds is 57. The van der Waals surface area contributed by atoms with E-state index in [-0.39, 0.29) is 25.1 Å². The van der Waals surface area contributed by atoms with Crippen LogP contribution in [-0.4, -0.2) is 74.3 Å². The zero-order chi connectivity index (χ0) is 52.9. The van der Waals surface area contributed by atoms with E-state index in [4.69, 9.17) is 13.8 Å². The number of esters is 1. The Kier molecular flexibility index (Phi) is 51.8. The van der Waals surface area contributed by atoms with Gasteiger partial charge in [0.1, 0.15) is 19.3 Å². The largest absolute Gasteiger partial charge is 0.472 e. The predicted octanol–water partition coefficient (Wildman–Crippen LogP) is 18.9. The van der Waals surface area contributed by atoms with Crippen LogP contribution in [0, 0.1) is 0 Å². The summed E-state index contributed by atoms with van der Waals surface area (Å²) in [5.74, 6) is -0.494. The highest BCUT2D eigenvalue weighted by atomic mass is 31.2. The molecule has 3 atom stereocenters. The molecular formula is C62H122N2O7P+. The van der Waals surface area contributed by atoms with Gasteiger partial charge in [0.2, 0.25) is 5.91 Å². The Morgan fingerprint density at radius 3 is 1.18 bits per heavy atom. The van der Waals surface area contributed by atoms with Gasteiger partial charge < -0.3 is 19.4 Å². The van der Waals surface area contributed by atoms with Gasteiger partial charge in [0.15, 0.2) is 0 Å². The molecule has 72 heavy (non-hydrogen) atoms. The van der Waals surface area contributed by atoms with Crippen molar-refractivity contribution in [2.24, 2.45) is 0 Å². The van der Waals surface area contributed by atoms with E-state index in [1.807, 2.05) is 33.3 Å². The summed E-state index contributed by atoms with van der Waals surface area (Å²) in [7, 11) is 1.51. The van der Waals surface area contributed by atoms with Crippen molar-refractivity contribution in [3.63, 3.8) is 0 Å². The predicted molar refractivity (Wildman–Crippen MR) is 310 cm³/mol. The van der Waals surface area contributed by atoms with Crippen molar-refractivity contribution in [2.45, 2.75) is 322 Å². The van der Waals surface area contributed by atoms with Crippen molar-refractivity contribution in [3.8, 4) is 0 Å². The van der Waals surface area contributed by atoms with Crippen LogP contribution in [0.1, 0.15) is 310 Å². The number of likely N-dealkylation sites (N-methyl/N-ethyl adjacent to an activating group) is 1. The Balaban J connectivity index is 5.24. The van der Waals surface area contributed by atoms with Crippen LogP contribution in [0.4, 0.5) is 0 Å². The number of nitrogens with one attached hydrogen (secondary N) is 1. The van der Waals surface area contributed by atoms with Gasteiger partial charge in [0.25, 0.3) is 0 Å². The van der Waals surface area contributed by atoms with E-state index in [9.17, 15) is 19.0 Å². The summed E-state index contributed by atoms with van der Waals surface area (Å²) >= 11 is 0. The third-order valence-corrected chi connectivity index (χ3v) is 15.1. The molecule has 0 rings (SSSR count). The van der Waals surface area contributed by atoms with Crippen LogP contribution in [0.3, 0.4) is 0 Å². The molecule has 0 aliphatic carbocycles. The molecule has 426 valence electrons. The quantitative estimate of drug-likeness (QED) is 0.0205. The van der Waals surface area contributed by atoms with Gasteiger partial charge in [0.05, 0.1) is 33.8 Å². The van der Waals surface area contributed by atoms with Crippen molar-refractivity contribution in [2.75, 3.05) is 40.9 Å². The van der Waals surface area contributed by atoms with Crippen LogP contribution in [0.15, 0.2) is 24.3 Å². The van der Waals surface area contributed by atoms with Crippen LogP contribution in [0.25, 0.3) is 0 Å². The van der Waals surface area contributed by atoms with Gasteiger partial charge in [-0.2, -0.15) is 0 Å². The Morgan fingerprint density at radius 1 is 0.472 bits per heavy atom. The summed E-state index contributed by atoms with van der Waals surface area (Å²) in [6, 6.07) is -0.843. The molecule has 0 radical (unpaired) electrons. The molecular weight excluding hydrogens is 916 g/mol. The number of hydrogen-bond donors (Lipinski definition) is 2. The van der Waals surface area contributed by atoms with E-state index >= 15 is 0 Å². The second kappa shape index (κ2) is 52.9. The highest BCUT2D eigenvalue weighted by Gasteiger charge is 2.30. The molecule has 10 heteroatoms. The molecule has 3 unspecified atom stereocenters. The highest BCUT2D eigenvalue weighted by Crippen LogP contribution is 2.43. The molecule has 0 aromatic carbocycles. The Hall–Kier alpha value is -1.51. The first kappa shape index (κ1) is 70.5. The van der Waals surface area contributed by atoms with E-state index in [2.05, 4.69) is 38.2 Å². The SMILES string of the molecule is CCCCCCCC/C=C/CCCCCCCCCC(=O)OC(/C=C/CCCCCCCCCCCC)C(COP(=O)(O)OCC[N+](C)(C)C)NC(=O)CCCCCCCCCCCCCCCCCCC. The molecule has 0 saturated heterocycles. The Labute approximate surface area is 447 Å². The Morgan fingerprint density at radius 2 is 0.806 bits per heavy atom. The molecule has 2 N–H and O–H groups in total. The summed E-state index contributed by atoms with van der Waals surface area (Å²) in [6.45, 7) is 7.05. The number of allylic oxidation sites excluding steroid dienone is 3. The van der Waals surface area contributed by atoms with Crippen LogP contribution >= 0.6 is 7.82 Å². The summed E-state index contributed by atoms with van der Waals surface area (Å²) < 4.78 is 30.7. The second-order valence-electron chi connectivity index (χ2n) is 22.6. The molecule has 1 amide bonds. The number of amides is 1. The molecule has 0 aromatic rings. The van der Waals surface area contributed by atoms with E-state index in [1.165, 1.54) is 218 Å². The van der Waals surface area contributed by atoms with Crippen molar-refractivity contribution >= 4 is 19.7 Å². The van der Waals surface area contributed by atoms with Crippen LogP contribution in [0.5, 0.6) is 0 Å². The minimum atomic E-state index is -4.44. The average molecular weight is 1040 g/mol. The molecule has 0 aromatic heterocycles. The van der Waals surface area contributed by atoms with Crippen LogP contribution in [-0.2, 0) is 27.9 Å². The number of phosphoric acid groups is 1. The standard InChI is InChI=1S/C62H121N2O7P/c1-7-10-13-16-19-22-25-28-30-32-34-36-39-42-45-48-51-54-61(65)63-59(58-70-72(67,68)69-57-56-64(4,5)6)60(53-50-47-44-41-38-27-24-21-18-15-12-9-3)71-62(66)55-52-49-46-43-40-37-35-33-31-29-26-23-20-17-14-11-8-2/h29,31,50,53,59-60H,7-28,30,32-49,51-52,54-58H2,1-6H3,(H-,63,65,67,68)/p+1/b31-29+,53-50+. The third kappa shape index (κ3) is 53.3. The van der Waals surface area contributed by atoms with Crippen molar-refractivity contribution in [3.05, 3.63) is 24.3 Å². The molecule has 0 aliphatic heterocycles. The average Bonchev–Trinajstić information content (AvgIpc) is 3.34. The van der Waals surface area contributed by atoms with E-state index < -0.39 is 20.0 Å². The lowest BCUT2D eigenvalue weighted by molar-refractivity contribution is -0.870. The van der Waals surface area contributed by atoms with E-state index in [0.29, 0.717) is 23.9 Å². The summed E-state index contributed by atoms with van der Waals surface area (Å²) in [6.07, 6.45) is 61.6. The summed E-state index contributed by atoms with van der Waals surface area (Å²) in [5, 5.41) is 3.06. The maximum Gasteiger partial charge on any atom is 0.472 e. The lowest BCUT2D eigenvalue weighted by Crippen LogP contribution is -2.47. The lowest BCUT2D eigenvalue weighted by Gasteiger charge is -2.27. The van der Waals surface area contributed by atoms with Gasteiger partial charge in [-0.3, -0.25) is 18.6 Å². The molecule has 0 fully saturated rings. The minimum absolute atomic E-state index is 0.0431. The minimum Gasteiger partial charge on any atom is -0.456 e. The summed E-state index contributed by atoms with van der Waals surface area (Å²) in [4.78, 5) is 37.7. The van der Waals surface area contributed by atoms with E-state index in [0.717, 1.165) is 57.8 Å². The number of carbonyl (C=O) groups is 2. The number of nitrogens with zero attached hydrogens (tertiary/aromatic N) is 1. The van der Waals surface area contributed by atoms with Gasteiger partial charge in [-0.1, -0.05) is 264 Å². The zero-order valence-corrected chi connectivity index (χ0v) is 49.6. The van der Waals surface area contributed by atoms with Crippen LogP contribution < -0.4 is 5.32 Å². The zero-order valence-electron chi connectivity index (χ0n) is 48.7. The normalized spacial score (nSPS) is 13.8. The number of ether oxygens (including phenoxy) is 1. The van der Waals surface area contributed by atoms with E-state index in [1.54, 1.807) is 0 Å².